The van der Waals surface area contributed by atoms with Gasteiger partial charge < -0.3 is 19.7 Å². The van der Waals surface area contributed by atoms with Crippen LogP contribution in [-0.2, 0) is 5.54 Å². The van der Waals surface area contributed by atoms with Crippen molar-refractivity contribution < 1.29 is 9.47 Å². The summed E-state index contributed by atoms with van der Waals surface area (Å²) in [4.78, 5) is 2.35. The predicted octanol–water partition coefficient (Wildman–Crippen LogP) is 1.17. The summed E-state index contributed by atoms with van der Waals surface area (Å²) in [5.74, 6) is 1.71. The molecule has 1 unspecified atom stereocenters. The lowest BCUT2D eigenvalue weighted by atomic mass is 9.89. The first kappa shape index (κ1) is 10.9. The number of nitrogens with zero attached hydrogens (tertiary/aromatic N) is 1. The number of likely N-dealkylation sites (N-methyl/N-ethyl adjacent to an activating group) is 1. The smallest absolute Gasteiger partial charge is 0.231 e. The van der Waals surface area contributed by atoms with E-state index in [1.807, 2.05) is 6.07 Å². The molecule has 0 saturated carbocycles. The van der Waals surface area contributed by atoms with Gasteiger partial charge >= 0.3 is 0 Å². The first-order chi connectivity index (χ1) is 8.17. The maximum atomic E-state index is 5.44. The SMILES string of the molecule is CN1CCNC(C)(c2ccc3c(c2)OCO3)C1. The summed E-state index contributed by atoms with van der Waals surface area (Å²) in [6.07, 6.45) is 0. The Labute approximate surface area is 102 Å². The molecule has 0 spiro atoms. The highest BCUT2D eigenvalue weighted by Crippen LogP contribution is 2.36. The van der Waals surface area contributed by atoms with Gasteiger partial charge in [-0.05, 0) is 31.7 Å². The molecular weight excluding hydrogens is 216 g/mol. The van der Waals surface area contributed by atoms with E-state index in [0.717, 1.165) is 31.1 Å². The van der Waals surface area contributed by atoms with Crippen LogP contribution in [0.3, 0.4) is 0 Å². The molecule has 0 radical (unpaired) electrons. The second-order valence-electron chi connectivity index (χ2n) is 5.06. The standard InChI is InChI=1S/C13H18N2O2/c1-13(8-15(2)6-5-14-13)10-3-4-11-12(7-10)17-9-16-11/h3-4,7,14H,5-6,8-9H2,1-2H3. The minimum atomic E-state index is -0.00597. The monoisotopic (exact) mass is 234 g/mol. The minimum Gasteiger partial charge on any atom is -0.454 e. The second kappa shape index (κ2) is 3.89. The van der Waals surface area contributed by atoms with Gasteiger partial charge in [-0.1, -0.05) is 6.07 Å². The summed E-state index contributed by atoms with van der Waals surface area (Å²) in [7, 11) is 2.16. The topological polar surface area (TPSA) is 33.7 Å². The number of hydrogen-bond donors (Lipinski definition) is 1. The number of nitrogens with one attached hydrogen (secondary N) is 1. The predicted molar refractivity (Wildman–Crippen MR) is 65.4 cm³/mol. The van der Waals surface area contributed by atoms with Crippen LogP contribution in [0.2, 0.25) is 0 Å². The molecule has 0 aliphatic carbocycles. The molecule has 2 heterocycles. The van der Waals surface area contributed by atoms with Crippen molar-refractivity contribution in [3.63, 3.8) is 0 Å². The molecule has 0 amide bonds. The highest BCUT2D eigenvalue weighted by Gasteiger charge is 2.32. The number of rotatable bonds is 1. The van der Waals surface area contributed by atoms with E-state index >= 15 is 0 Å². The number of benzene rings is 1. The molecule has 1 N–H and O–H groups in total. The maximum Gasteiger partial charge on any atom is 0.231 e. The Kier molecular flexibility index (Phi) is 2.49. The Morgan fingerprint density at radius 3 is 2.94 bits per heavy atom. The molecule has 17 heavy (non-hydrogen) atoms. The molecular formula is C13H18N2O2. The Morgan fingerprint density at radius 1 is 1.29 bits per heavy atom. The lowest BCUT2D eigenvalue weighted by Gasteiger charge is -2.40. The third-order valence-corrected chi connectivity index (χ3v) is 3.60. The van der Waals surface area contributed by atoms with Crippen molar-refractivity contribution in [1.29, 1.82) is 0 Å². The van der Waals surface area contributed by atoms with E-state index in [9.17, 15) is 0 Å². The largest absolute Gasteiger partial charge is 0.454 e. The molecule has 2 aliphatic heterocycles. The van der Waals surface area contributed by atoms with E-state index in [4.69, 9.17) is 9.47 Å². The zero-order chi connectivity index (χ0) is 11.9. The Balaban J connectivity index is 1.92. The molecule has 4 nitrogen and oxygen atoms in total. The summed E-state index contributed by atoms with van der Waals surface area (Å²) < 4.78 is 10.8. The summed E-state index contributed by atoms with van der Waals surface area (Å²) >= 11 is 0. The summed E-state index contributed by atoms with van der Waals surface area (Å²) in [6.45, 7) is 5.69. The molecule has 1 aromatic rings. The molecule has 1 fully saturated rings. The molecule has 3 rings (SSSR count). The van der Waals surface area contributed by atoms with Gasteiger partial charge in [-0.15, -0.1) is 0 Å². The van der Waals surface area contributed by atoms with Crippen molar-refractivity contribution in [2.45, 2.75) is 12.5 Å². The fourth-order valence-electron chi connectivity index (χ4n) is 2.63. The fourth-order valence-corrected chi connectivity index (χ4v) is 2.63. The van der Waals surface area contributed by atoms with Gasteiger partial charge in [0.1, 0.15) is 0 Å². The number of fused-ring (bicyclic) bond motifs is 1. The number of ether oxygens (including phenoxy) is 2. The van der Waals surface area contributed by atoms with Crippen LogP contribution in [0.25, 0.3) is 0 Å². The summed E-state index contributed by atoms with van der Waals surface area (Å²) in [6, 6.07) is 6.22. The van der Waals surface area contributed by atoms with Crippen LogP contribution in [0.1, 0.15) is 12.5 Å². The average molecular weight is 234 g/mol. The van der Waals surface area contributed by atoms with Gasteiger partial charge in [-0.2, -0.15) is 0 Å². The van der Waals surface area contributed by atoms with Crippen molar-refractivity contribution in [1.82, 2.24) is 10.2 Å². The van der Waals surface area contributed by atoms with Crippen molar-refractivity contribution in [2.24, 2.45) is 0 Å². The highest BCUT2D eigenvalue weighted by atomic mass is 16.7. The first-order valence-electron chi connectivity index (χ1n) is 6.01. The van der Waals surface area contributed by atoms with E-state index < -0.39 is 0 Å². The summed E-state index contributed by atoms with van der Waals surface area (Å²) in [5, 5.41) is 3.60. The molecule has 1 atom stereocenters. The lowest BCUT2D eigenvalue weighted by Crippen LogP contribution is -2.55. The molecule has 92 valence electrons. The lowest BCUT2D eigenvalue weighted by molar-refractivity contribution is 0.169. The minimum absolute atomic E-state index is 0.00597. The van der Waals surface area contributed by atoms with Crippen molar-refractivity contribution in [3.05, 3.63) is 23.8 Å². The van der Waals surface area contributed by atoms with Gasteiger partial charge in [0.2, 0.25) is 6.79 Å². The van der Waals surface area contributed by atoms with Crippen LogP contribution in [-0.4, -0.2) is 38.4 Å². The van der Waals surface area contributed by atoms with Gasteiger partial charge in [0.05, 0.1) is 5.54 Å². The van der Waals surface area contributed by atoms with Crippen LogP contribution < -0.4 is 14.8 Å². The van der Waals surface area contributed by atoms with Gasteiger partial charge in [0.25, 0.3) is 0 Å². The normalized spacial score (nSPS) is 28.4. The Bertz CT molecular complexity index is 435. The van der Waals surface area contributed by atoms with Crippen LogP contribution in [0, 0.1) is 0 Å². The number of hydrogen-bond acceptors (Lipinski definition) is 4. The van der Waals surface area contributed by atoms with Gasteiger partial charge in [-0.3, -0.25) is 0 Å². The van der Waals surface area contributed by atoms with Gasteiger partial charge in [-0.25, -0.2) is 0 Å². The second-order valence-corrected chi connectivity index (χ2v) is 5.06. The average Bonchev–Trinajstić information content (AvgIpc) is 2.75. The van der Waals surface area contributed by atoms with Crippen LogP contribution >= 0.6 is 0 Å². The third-order valence-electron chi connectivity index (χ3n) is 3.60. The Morgan fingerprint density at radius 2 is 2.12 bits per heavy atom. The molecule has 1 aromatic carbocycles. The molecule has 0 bridgehead atoms. The highest BCUT2D eigenvalue weighted by molar-refractivity contribution is 5.46. The number of piperazine rings is 1. The van der Waals surface area contributed by atoms with E-state index in [0.29, 0.717) is 6.79 Å². The van der Waals surface area contributed by atoms with Crippen LogP contribution in [0.5, 0.6) is 11.5 Å². The van der Waals surface area contributed by atoms with Gasteiger partial charge in [0, 0.05) is 19.6 Å². The van der Waals surface area contributed by atoms with E-state index in [1.54, 1.807) is 0 Å². The quantitative estimate of drug-likeness (QED) is 0.791. The molecule has 0 aromatic heterocycles. The summed E-state index contributed by atoms with van der Waals surface area (Å²) in [5.41, 5.74) is 1.25. The van der Waals surface area contributed by atoms with Crippen LogP contribution in [0.15, 0.2) is 18.2 Å². The van der Waals surface area contributed by atoms with Crippen molar-refractivity contribution >= 4 is 0 Å². The van der Waals surface area contributed by atoms with E-state index in [1.165, 1.54) is 5.56 Å². The van der Waals surface area contributed by atoms with Crippen molar-refractivity contribution in [2.75, 3.05) is 33.5 Å². The zero-order valence-electron chi connectivity index (χ0n) is 10.3. The van der Waals surface area contributed by atoms with Crippen LogP contribution in [0.4, 0.5) is 0 Å². The first-order valence-corrected chi connectivity index (χ1v) is 6.01. The van der Waals surface area contributed by atoms with Gasteiger partial charge in [0.15, 0.2) is 11.5 Å². The molecule has 4 heteroatoms. The zero-order valence-corrected chi connectivity index (χ0v) is 10.3. The maximum absolute atomic E-state index is 5.44. The van der Waals surface area contributed by atoms with E-state index in [2.05, 4.69) is 36.3 Å². The molecule has 1 saturated heterocycles. The Hall–Kier alpha value is -1.26. The third kappa shape index (κ3) is 1.87. The van der Waals surface area contributed by atoms with E-state index in [-0.39, 0.29) is 5.54 Å². The molecule has 2 aliphatic rings. The fraction of sp³-hybridized carbons (Fsp3) is 0.538. The van der Waals surface area contributed by atoms with Crippen molar-refractivity contribution in [3.8, 4) is 11.5 Å².